The summed E-state index contributed by atoms with van der Waals surface area (Å²) in [5.74, 6) is 0.262. The van der Waals surface area contributed by atoms with E-state index in [9.17, 15) is 13.2 Å². The molecule has 1 saturated heterocycles. The van der Waals surface area contributed by atoms with Crippen LogP contribution in [0.5, 0.6) is 5.88 Å². The zero-order chi connectivity index (χ0) is 17.9. The van der Waals surface area contributed by atoms with Gasteiger partial charge < -0.3 is 4.74 Å². The normalized spacial score (nSPS) is 18.7. The molecule has 1 atom stereocenters. The van der Waals surface area contributed by atoms with Gasteiger partial charge in [-0.3, -0.25) is 4.79 Å². The number of ether oxygens (including phenoxy) is 1. The first kappa shape index (κ1) is 17.5. The number of ketones is 1. The maximum Gasteiger partial charge on any atom is 0.243 e. The predicted molar refractivity (Wildman–Crippen MR) is 90.9 cm³/mol. The van der Waals surface area contributed by atoms with Gasteiger partial charge in [-0.15, -0.1) is 0 Å². The van der Waals surface area contributed by atoms with Crippen LogP contribution in [0.15, 0.2) is 47.8 Å². The van der Waals surface area contributed by atoms with Crippen molar-refractivity contribution in [2.45, 2.75) is 30.8 Å². The van der Waals surface area contributed by atoms with Crippen molar-refractivity contribution >= 4 is 15.8 Å². The highest BCUT2D eigenvalue weighted by Gasteiger charge is 2.31. The third kappa shape index (κ3) is 4.02. The highest BCUT2D eigenvalue weighted by atomic mass is 32.2. The smallest absolute Gasteiger partial charge is 0.243 e. The zero-order valence-corrected chi connectivity index (χ0v) is 14.6. The predicted octanol–water partition coefficient (Wildman–Crippen LogP) is 1.91. The number of carbonyl (C=O) groups excluding carboxylic acids is 1. The summed E-state index contributed by atoms with van der Waals surface area (Å²) in [6, 6.07) is 7.77. The number of carbonyl (C=O) groups is 1. The van der Waals surface area contributed by atoms with Crippen LogP contribution >= 0.6 is 0 Å². The number of hydrogen-bond acceptors (Lipinski definition) is 6. The molecule has 8 heteroatoms. The van der Waals surface area contributed by atoms with Gasteiger partial charge in [-0.1, -0.05) is 12.1 Å². The first-order chi connectivity index (χ1) is 12.0. The summed E-state index contributed by atoms with van der Waals surface area (Å²) in [5.41, 5.74) is 0.381. The van der Waals surface area contributed by atoms with Crippen molar-refractivity contribution in [1.82, 2.24) is 14.3 Å². The van der Waals surface area contributed by atoms with E-state index in [2.05, 4.69) is 9.97 Å². The minimum absolute atomic E-state index is 0.128. The van der Waals surface area contributed by atoms with E-state index in [0.29, 0.717) is 24.4 Å². The Labute approximate surface area is 146 Å². The van der Waals surface area contributed by atoms with E-state index in [1.807, 2.05) is 0 Å². The van der Waals surface area contributed by atoms with Crippen LogP contribution in [-0.4, -0.2) is 47.7 Å². The van der Waals surface area contributed by atoms with Gasteiger partial charge in [-0.2, -0.15) is 4.31 Å². The van der Waals surface area contributed by atoms with Crippen molar-refractivity contribution in [3.63, 3.8) is 0 Å². The van der Waals surface area contributed by atoms with Crippen LogP contribution in [-0.2, 0) is 10.0 Å². The second kappa shape index (κ2) is 7.28. The monoisotopic (exact) mass is 361 g/mol. The van der Waals surface area contributed by atoms with Crippen LogP contribution in [0.1, 0.15) is 30.1 Å². The standard InChI is InChI=1S/C17H19N3O4S/c1-13(21)14-4-2-6-16(10-14)25(22,23)20-9-3-5-15(11-20)24-17-7-8-18-12-19-17/h2,4,6-8,10,12,15H,3,5,9,11H2,1H3. The molecule has 0 N–H and O–H groups in total. The van der Waals surface area contributed by atoms with E-state index >= 15 is 0 Å². The Balaban J connectivity index is 1.78. The summed E-state index contributed by atoms with van der Waals surface area (Å²) in [6.45, 7) is 2.09. The lowest BCUT2D eigenvalue weighted by Crippen LogP contribution is -2.44. The molecule has 2 heterocycles. The number of hydrogen-bond donors (Lipinski definition) is 0. The molecule has 1 fully saturated rings. The van der Waals surface area contributed by atoms with Gasteiger partial charge in [-0.05, 0) is 31.9 Å². The Hall–Kier alpha value is -2.32. The molecule has 1 aromatic heterocycles. The minimum atomic E-state index is -3.67. The Bertz CT molecular complexity index is 855. The van der Waals surface area contributed by atoms with Crippen molar-refractivity contribution in [3.05, 3.63) is 48.4 Å². The largest absolute Gasteiger partial charge is 0.473 e. The average molecular weight is 361 g/mol. The van der Waals surface area contributed by atoms with Crippen LogP contribution < -0.4 is 4.74 Å². The summed E-state index contributed by atoms with van der Waals surface area (Å²) in [6.07, 6.45) is 4.15. The number of nitrogens with zero attached hydrogens (tertiary/aromatic N) is 3. The molecule has 1 aromatic carbocycles. The Morgan fingerprint density at radius 1 is 1.32 bits per heavy atom. The average Bonchev–Trinajstić information content (AvgIpc) is 2.63. The molecule has 0 spiro atoms. The van der Waals surface area contributed by atoms with Crippen molar-refractivity contribution in [2.24, 2.45) is 0 Å². The fraction of sp³-hybridized carbons (Fsp3) is 0.353. The van der Waals surface area contributed by atoms with Crippen molar-refractivity contribution < 1.29 is 17.9 Å². The lowest BCUT2D eigenvalue weighted by molar-refractivity contribution is 0.101. The van der Waals surface area contributed by atoms with Gasteiger partial charge in [0.1, 0.15) is 12.4 Å². The van der Waals surface area contributed by atoms with Gasteiger partial charge in [0, 0.05) is 24.4 Å². The third-order valence-corrected chi connectivity index (χ3v) is 5.92. The molecule has 0 amide bonds. The maximum atomic E-state index is 12.9. The van der Waals surface area contributed by atoms with E-state index < -0.39 is 10.0 Å². The summed E-state index contributed by atoms with van der Waals surface area (Å²) in [7, 11) is -3.67. The number of Topliss-reactive ketones (excluding diaryl/α,β-unsaturated/α-hetero) is 1. The fourth-order valence-electron chi connectivity index (χ4n) is 2.76. The summed E-state index contributed by atoms with van der Waals surface area (Å²) < 4.78 is 33.0. The summed E-state index contributed by atoms with van der Waals surface area (Å²) in [4.78, 5) is 19.5. The van der Waals surface area contributed by atoms with Gasteiger partial charge >= 0.3 is 0 Å². The van der Waals surface area contributed by atoms with Crippen molar-refractivity contribution in [2.75, 3.05) is 13.1 Å². The molecule has 25 heavy (non-hydrogen) atoms. The Morgan fingerprint density at radius 2 is 2.16 bits per heavy atom. The molecule has 0 saturated carbocycles. The van der Waals surface area contributed by atoms with Crippen LogP contribution in [0.3, 0.4) is 0 Å². The summed E-state index contributed by atoms with van der Waals surface area (Å²) in [5, 5.41) is 0. The van der Waals surface area contributed by atoms with Crippen LogP contribution in [0.4, 0.5) is 0 Å². The lowest BCUT2D eigenvalue weighted by atomic mass is 10.1. The number of rotatable bonds is 5. The SMILES string of the molecule is CC(=O)c1cccc(S(=O)(=O)N2CCCC(Oc3ccncn3)C2)c1. The van der Waals surface area contributed by atoms with Gasteiger partial charge in [0.15, 0.2) is 5.78 Å². The highest BCUT2D eigenvalue weighted by Crippen LogP contribution is 2.23. The lowest BCUT2D eigenvalue weighted by Gasteiger charge is -2.31. The second-order valence-corrected chi connectivity index (χ2v) is 7.81. The van der Waals surface area contributed by atoms with Gasteiger partial charge in [0.25, 0.3) is 0 Å². The van der Waals surface area contributed by atoms with Gasteiger partial charge in [0.05, 0.1) is 11.4 Å². The molecule has 0 radical (unpaired) electrons. The van der Waals surface area contributed by atoms with Crippen LogP contribution in [0, 0.1) is 0 Å². The molecule has 132 valence electrons. The topological polar surface area (TPSA) is 89.5 Å². The van der Waals surface area contributed by atoms with Crippen molar-refractivity contribution in [1.29, 1.82) is 0 Å². The molecule has 7 nitrogen and oxygen atoms in total. The number of sulfonamides is 1. The number of piperidine rings is 1. The van der Waals surface area contributed by atoms with Crippen LogP contribution in [0.25, 0.3) is 0 Å². The zero-order valence-electron chi connectivity index (χ0n) is 13.8. The fourth-order valence-corrected chi connectivity index (χ4v) is 4.32. The Morgan fingerprint density at radius 3 is 2.88 bits per heavy atom. The first-order valence-corrected chi connectivity index (χ1v) is 9.44. The maximum absolute atomic E-state index is 12.9. The molecule has 1 aliphatic heterocycles. The third-order valence-electron chi connectivity index (χ3n) is 4.06. The minimum Gasteiger partial charge on any atom is -0.473 e. The van der Waals surface area contributed by atoms with Gasteiger partial charge in [0.2, 0.25) is 15.9 Å². The molecule has 0 bridgehead atoms. The molecular formula is C17H19N3O4S. The molecule has 3 rings (SSSR count). The molecule has 0 aliphatic carbocycles. The molecule has 1 aliphatic rings. The van der Waals surface area contributed by atoms with E-state index in [1.54, 1.807) is 24.4 Å². The van der Waals surface area contributed by atoms with E-state index in [-0.39, 0.29) is 23.3 Å². The van der Waals surface area contributed by atoms with Crippen molar-refractivity contribution in [3.8, 4) is 5.88 Å². The summed E-state index contributed by atoms with van der Waals surface area (Å²) >= 11 is 0. The number of aromatic nitrogens is 2. The quantitative estimate of drug-likeness (QED) is 0.756. The Kier molecular flexibility index (Phi) is 5.10. The molecular weight excluding hydrogens is 342 g/mol. The second-order valence-electron chi connectivity index (χ2n) is 5.88. The van der Waals surface area contributed by atoms with E-state index in [0.717, 1.165) is 6.42 Å². The van der Waals surface area contributed by atoms with Gasteiger partial charge in [-0.25, -0.2) is 18.4 Å². The number of benzene rings is 1. The van der Waals surface area contributed by atoms with Crippen LogP contribution in [0.2, 0.25) is 0 Å². The van der Waals surface area contributed by atoms with E-state index in [4.69, 9.17) is 4.74 Å². The molecule has 2 aromatic rings. The highest BCUT2D eigenvalue weighted by molar-refractivity contribution is 7.89. The molecule has 1 unspecified atom stereocenters. The van der Waals surface area contributed by atoms with E-state index in [1.165, 1.54) is 29.7 Å². The first-order valence-electron chi connectivity index (χ1n) is 8.00.